The standard InChI is InChI=1S/C34H32N10/c1-23(2)29-17-31(43(39-13-9-35-19-39)40-14-10-36-20-40)27-8-6-26-30(24(3)4)18-32(28-7-5-25(29)33(27)34(26)28)44(41-15-11-37-21-41)42-16-12-38-22-42/h5-24H,1-4H3. The molecule has 44 heavy (non-hydrogen) atoms. The maximum Gasteiger partial charge on any atom is 0.116 e. The van der Waals surface area contributed by atoms with Gasteiger partial charge in [-0.25, -0.2) is 38.6 Å². The first-order chi connectivity index (χ1) is 21.5. The van der Waals surface area contributed by atoms with E-state index in [1.807, 2.05) is 68.8 Å². The molecule has 0 N–H and O–H groups in total. The van der Waals surface area contributed by atoms with E-state index in [0.29, 0.717) is 11.8 Å². The molecule has 0 unspecified atom stereocenters. The van der Waals surface area contributed by atoms with Crippen LogP contribution in [0.3, 0.4) is 0 Å². The van der Waals surface area contributed by atoms with Gasteiger partial charge in [0, 0.05) is 60.3 Å². The van der Waals surface area contributed by atoms with Gasteiger partial charge in [0.1, 0.15) is 25.3 Å². The van der Waals surface area contributed by atoms with Crippen molar-refractivity contribution in [2.75, 3.05) is 10.2 Å². The van der Waals surface area contributed by atoms with Crippen LogP contribution in [-0.2, 0) is 0 Å². The molecular weight excluding hydrogens is 548 g/mol. The summed E-state index contributed by atoms with van der Waals surface area (Å²) in [5.41, 5.74) is 4.66. The number of aromatic nitrogens is 8. The highest BCUT2D eigenvalue weighted by Gasteiger charge is 2.25. The van der Waals surface area contributed by atoms with E-state index in [2.05, 4.69) is 94.3 Å². The molecule has 10 nitrogen and oxygen atoms in total. The Balaban J connectivity index is 1.53. The normalized spacial score (nSPS) is 12.0. The molecule has 0 saturated carbocycles. The van der Waals surface area contributed by atoms with E-state index in [0.717, 1.165) is 22.1 Å². The zero-order valence-electron chi connectivity index (χ0n) is 25.0. The van der Waals surface area contributed by atoms with Crippen molar-refractivity contribution in [1.82, 2.24) is 38.6 Å². The lowest BCUT2D eigenvalue weighted by atomic mass is 9.84. The fourth-order valence-electron chi connectivity index (χ4n) is 6.49. The third kappa shape index (κ3) is 3.87. The Morgan fingerprint density at radius 3 is 1.07 bits per heavy atom. The van der Waals surface area contributed by atoms with Crippen molar-refractivity contribution in [3.63, 3.8) is 0 Å². The molecule has 0 saturated heterocycles. The maximum atomic E-state index is 4.38. The predicted molar refractivity (Wildman–Crippen MR) is 174 cm³/mol. The van der Waals surface area contributed by atoms with E-state index >= 15 is 0 Å². The molecular formula is C34H32N10. The molecule has 8 rings (SSSR count). The summed E-state index contributed by atoms with van der Waals surface area (Å²) >= 11 is 0. The van der Waals surface area contributed by atoms with Crippen LogP contribution < -0.4 is 10.2 Å². The highest BCUT2D eigenvalue weighted by atomic mass is 15.8. The van der Waals surface area contributed by atoms with Crippen LogP contribution in [0.5, 0.6) is 0 Å². The van der Waals surface area contributed by atoms with Crippen LogP contribution in [0, 0.1) is 0 Å². The largest absolute Gasteiger partial charge is 0.243 e. The van der Waals surface area contributed by atoms with Crippen molar-refractivity contribution >= 4 is 43.7 Å². The molecule has 8 aromatic rings. The number of hydrogen-bond acceptors (Lipinski definition) is 6. The van der Waals surface area contributed by atoms with Gasteiger partial charge in [0.05, 0.1) is 11.4 Å². The third-order valence-corrected chi connectivity index (χ3v) is 8.43. The van der Waals surface area contributed by atoms with E-state index in [4.69, 9.17) is 0 Å². The highest BCUT2D eigenvalue weighted by molar-refractivity contribution is 6.28. The van der Waals surface area contributed by atoms with E-state index in [1.165, 1.54) is 32.7 Å². The van der Waals surface area contributed by atoms with Crippen LogP contribution in [0.15, 0.2) is 111 Å². The first-order valence-corrected chi connectivity index (χ1v) is 14.8. The summed E-state index contributed by atoms with van der Waals surface area (Å²) in [7, 11) is 0. The molecule has 0 radical (unpaired) electrons. The number of nitrogens with zero attached hydrogens (tertiary/aromatic N) is 10. The van der Waals surface area contributed by atoms with Crippen LogP contribution in [0.2, 0.25) is 0 Å². The molecule has 218 valence electrons. The van der Waals surface area contributed by atoms with E-state index in [9.17, 15) is 0 Å². The lowest BCUT2D eigenvalue weighted by Gasteiger charge is -2.31. The van der Waals surface area contributed by atoms with Crippen LogP contribution in [0.4, 0.5) is 11.4 Å². The number of benzene rings is 4. The van der Waals surface area contributed by atoms with Crippen LogP contribution in [0.1, 0.15) is 50.7 Å². The van der Waals surface area contributed by atoms with Gasteiger partial charge in [-0.15, -0.1) is 0 Å². The zero-order chi connectivity index (χ0) is 29.9. The highest BCUT2D eigenvalue weighted by Crippen LogP contribution is 2.47. The van der Waals surface area contributed by atoms with Gasteiger partial charge in [0.2, 0.25) is 0 Å². The smallest absolute Gasteiger partial charge is 0.116 e. The van der Waals surface area contributed by atoms with Gasteiger partial charge in [-0.05, 0) is 56.6 Å². The average Bonchev–Trinajstić information content (AvgIpc) is 3.86. The SMILES string of the molecule is CC(C)c1cc(N(n2ccnc2)n2ccnc2)c2ccc3c(C(C)C)cc(N(n4ccnc4)n4ccnc4)c4ccc1c2c34. The first-order valence-electron chi connectivity index (χ1n) is 14.8. The fraction of sp³-hybridized carbons (Fsp3) is 0.176. The van der Waals surface area contributed by atoms with Gasteiger partial charge in [-0.2, -0.15) is 10.2 Å². The average molecular weight is 581 g/mol. The van der Waals surface area contributed by atoms with Gasteiger partial charge in [0.15, 0.2) is 0 Å². The van der Waals surface area contributed by atoms with Gasteiger partial charge in [0.25, 0.3) is 0 Å². The molecule has 0 aliphatic heterocycles. The molecule has 0 aliphatic rings. The van der Waals surface area contributed by atoms with Gasteiger partial charge < -0.3 is 0 Å². The molecule has 4 heterocycles. The van der Waals surface area contributed by atoms with Crippen molar-refractivity contribution in [3.05, 3.63) is 122 Å². The minimum Gasteiger partial charge on any atom is -0.243 e. The summed E-state index contributed by atoms with van der Waals surface area (Å²) in [5.74, 6) is 0.589. The molecule has 0 atom stereocenters. The Morgan fingerprint density at radius 1 is 0.477 bits per heavy atom. The maximum absolute atomic E-state index is 4.38. The summed E-state index contributed by atoms with van der Waals surface area (Å²) in [6, 6.07) is 13.8. The van der Waals surface area contributed by atoms with Crippen molar-refractivity contribution in [2.45, 2.75) is 39.5 Å². The van der Waals surface area contributed by atoms with E-state index in [1.54, 1.807) is 24.8 Å². The molecule has 4 aromatic heterocycles. The minimum absolute atomic E-state index is 0.295. The molecule has 0 spiro atoms. The Hall–Kier alpha value is -5.64. The second kappa shape index (κ2) is 9.98. The minimum atomic E-state index is 0.295. The van der Waals surface area contributed by atoms with Crippen molar-refractivity contribution in [3.8, 4) is 0 Å². The molecule has 0 fully saturated rings. The van der Waals surface area contributed by atoms with E-state index < -0.39 is 0 Å². The number of hydrogen-bond donors (Lipinski definition) is 0. The summed E-state index contributed by atoms with van der Waals surface area (Å²) in [6.07, 6.45) is 22.3. The van der Waals surface area contributed by atoms with Crippen molar-refractivity contribution < 1.29 is 0 Å². The van der Waals surface area contributed by atoms with Crippen LogP contribution in [0.25, 0.3) is 32.3 Å². The number of anilines is 2. The quantitative estimate of drug-likeness (QED) is 0.179. The summed E-state index contributed by atoms with van der Waals surface area (Å²) in [5, 5.41) is 11.5. The van der Waals surface area contributed by atoms with Crippen molar-refractivity contribution in [1.29, 1.82) is 0 Å². The molecule has 0 aliphatic carbocycles. The second-order valence-electron chi connectivity index (χ2n) is 11.7. The van der Waals surface area contributed by atoms with Crippen LogP contribution >= 0.6 is 0 Å². The monoisotopic (exact) mass is 580 g/mol. The van der Waals surface area contributed by atoms with Gasteiger partial charge in [-0.1, -0.05) is 52.0 Å². The Morgan fingerprint density at radius 2 is 0.795 bits per heavy atom. The van der Waals surface area contributed by atoms with Gasteiger partial charge in [-0.3, -0.25) is 0 Å². The molecule has 10 heteroatoms. The molecule has 0 amide bonds. The number of imidazole rings is 4. The van der Waals surface area contributed by atoms with Crippen LogP contribution in [-0.4, -0.2) is 38.6 Å². The second-order valence-corrected chi connectivity index (χ2v) is 11.7. The molecule has 4 aromatic carbocycles. The predicted octanol–water partition coefficient (Wildman–Crippen LogP) is 7.08. The Labute approximate surface area is 254 Å². The van der Waals surface area contributed by atoms with E-state index in [-0.39, 0.29) is 0 Å². The number of rotatable bonds is 8. The topological polar surface area (TPSA) is 77.8 Å². The zero-order valence-corrected chi connectivity index (χ0v) is 25.0. The van der Waals surface area contributed by atoms with Gasteiger partial charge >= 0.3 is 0 Å². The summed E-state index contributed by atoms with van der Waals surface area (Å²) < 4.78 is 7.96. The summed E-state index contributed by atoms with van der Waals surface area (Å²) in [4.78, 5) is 17.5. The lowest BCUT2D eigenvalue weighted by molar-refractivity contribution is 0.605. The first kappa shape index (κ1) is 26.0. The third-order valence-electron chi connectivity index (χ3n) is 8.43. The molecule has 0 bridgehead atoms. The Bertz CT molecular complexity index is 1950. The lowest BCUT2D eigenvalue weighted by Crippen LogP contribution is -2.33. The summed E-state index contributed by atoms with van der Waals surface area (Å²) in [6.45, 7) is 9.05. The fourth-order valence-corrected chi connectivity index (χ4v) is 6.49. The van der Waals surface area contributed by atoms with Crippen molar-refractivity contribution in [2.24, 2.45) is 0 Å². The Kier molecular flexibility index (Phi) is 5.90.